The number of hydrogen-bond donors (Lipinski definition) is 1. The average molecular weight is 451 g/mol. The molecule has 1 aromatic heterocycles. The molecule has 0 saturated carbocycles. The Kier molecular flexibility index (Phi) is 6.90. The van der Waals surface area contributed by atoms with Crippen molar-refractivity contribution in [2.24, 2.45) is 5.92 Å². The summed E-state index contributed by atoms with van der Waals surface area (Å²) in [6.07, 6.45) is 1.02. The normalized spacial score (nSPS) is 20.1. The molecule has 7 heteroatoms. The van der Waals surface area contributed by atoms with Crippen LogP contribution in [0.4, 0.5) is 0 Å². The molecule has 174 valence electrons. The highest BCUT2D eigenvalue weighted by molar-refractivity contribution is 5.91. The molecule has 2 fully saturated rings. The summed E-state index contributed by atoms with van der Waals surface area (Å²) >= 11 is 0. The summed E-state index contributed by atoms with van der Waals surface area (Å²) in [5.74, 6) is 1.90. The van der Waals surface area contributed by atoms with Crippen molar-refractivity contribution in [3.8, 4) is 5.75 Å². The quantitative estimate of drug-likeness (QED) is 0.567. The minimum atomic E-state index is -0.205. The molecule has 2 aromatic carbocycles. The van der Waals surface area contributed by atoms with Gasteiger partial charge < -0.3 is 23.9 Å². The zero-order valence-corrected chi connectivity index (χ0v) is 18.7. The highest BCUT2D eigenvalue weighted by Gasteiger charge is 2.32. The fraction of sp³-hybridized carbons (Fsp3) is 0.423. The Morgan fingerprint density at radius 1 is 1.03 bits per heavy atom. The van der Waals surface area contributed by atoms with E-state index in [9.17, 15) is 4.79 Å². The zero-order chi connectivity index (χ0) is 22.5. The maximum atomic E-state index is 12.8. The first-order chi connectivity index (χ1) is 16.3. The smallest absolute Gasteiger partial charge is 0.287 e. The number of hydrogen-bond acceptors (Lipinski definition) is 6. The van der Waals surface area contributed by atoms with Crippen molar-refractivity contribution in [3.05, 3.63) is 66.1 Å². The molecule has 2 atom stereocenters. The van der Waals surface area contributed by atoms with E-state index in [0.29, 0.717) is 24.0 Å². The van der Waals surface area contributed by atoms with Crippen molar-refractivity contribution >= 4 is 16.7 Å². The van der Waals surface area contributed by atoms with E-state index in [-0.39, 0.29) is 18.6 Å². The van der Waals surface area contributed by atoms with Crippen LogP contribution in [0.2, 0.25) is 0 Å². The number of ether oxygens (including phenoxy) is 3. The Hall–Kier alpha value is -2.87. The molecule has 7 nitrogen and oxygen atoms in total. The second-order valence-corrected chi connectivity index (χ2v) is 8.61. The fourth-order valence-corrected chi connectivity index (χ4v) is 4.63. The number of nitrogens with one attached hydrogen (secondary N) is 1. The highest BCUT2D eigenvalue weighted by atomic mass is 16.5. The van der Waals surface area contributed by atoms with Crippen molar-refractivity contribution in [1.82, 2.24) is 10.2 Å². The van der Waals surface area contributed by atoms with E-state index in [1.807, 2.05) is 30.3 Å². The second kappa shape index (κ2) is 10.4. The average Bonchev–Trinajstić information content (AvgIpc) is 3.56. The van der Waals surface area contributed by atoms with Crippen LogP contribution in [0.1, 0.15) is 22.7 Å². The van der Waals surface area contributed by atoms with Crippen LogP contribution in [0.25, 0.3) is 10.8 Å². The van der Waals surface area contributed by atoms with Crippen LogP contribution in [0.5, 0.6) is 5.75 Å². The van der Waals surface area contributed by atoms with E-state index in [1.54, 1.807) is 12.1 Å². The number of carbonyl (C=O) groups is 1. The van der Waals surface area contributed by atoms with Crippen LogP contribution in [-0.2, 0) is 16.1 Å². The van der Waals surface area contributed by atoms with Crippen LogP contribution in [0.3, 0.4) is 0 Å². The van der Waals surface area contributed by atoms with E-state index < -0.39 is 0 Å². The monoisotopic (exact) mass is 450 g/mol. The molecule has 0 spiro atoms. The Morgan fingerprint density at radius 2 is 1.88 bits per heavy atom. The zero-order valence-electron chi connectivity index (χ0n) is 18.7. The summed E-state index contributed by atoms with van der Waals surface area (Å²) in [4.78, 5) is 15.2. The van der Waals surface area contributed by atoms with Gasteiger partial charge in [-0.3, -0.25) is 9.69 Å². The molecular formula is C26H30N2O5. The third-order valence-electron chi connectivity index (χ3n) is 6.48. The molecule has 0 radical (unpaired) electrons. The van der Waals surface area contributed by atoms with Crippen molar-refractivity contribution in [1.29, 1.82) is 0 Å². The molecule has 1 N–H and O–H groups in total. The molecule has 2 aliphatic heterocycles. The van der Waals surface area contributed by atoms with Gasteiger partial charge in [-0.05, 0) is 41.5 Å². The van der Waals surface area contributed by atoms with Crippen LogP contribution >= 0.6 is 0 Å². The van der Waals surface area contributed by atoms with Gasteiger partial charge in [0.2, 0.25) is 0 Å². The Bertz CT molecular complexity index is 1070. The van der Waals surface area contributed by atoms with Crippen molar-refractivity contribution in [2.75, 3.05) is 46.1 Å². The molecule has 3 heterocycles. The van der Waals surface area contributed by atoms with Gasteiger partial charge >= 0.3 is 0 Å². The SMILES string of the molecule is O=C(NCC(C1CCOC1)N1CCOCC1)c1ccc(COc2ccc3ccccc3c2)o1. The summed E-state index contributed by atoms with van der Waals surface area (Å²) in [7, 11) is 0. The van der Waals surface area contributed by atoms with E-state index in [2.05, 4.69) is 22.3 Å². The van der Waals surface area contributed by atoms with Gasteiger partial charge in [0, 0.05) is 38.2 Å². The van der Waals surface area contributed by atoms with Gasteiger partial charge in [0.1, 0.15) is 18.1 Å². The standard InChI is InChI=1S/C26H30N2O5/c29-26(27-16-24(21-9-12-31-17-21)28-10-13-30-14-11-28)25-8-7-23(33-25)18-32-22-6-5-19-3-1-2-4-20(19)15-22/h1-8,15,21,24H,9-14,16-18H2,(H,27,29). The van der Waals surface area contributed by atoms with Crippen LogP contribution in [0, 0.1) is 5.92 Å². The summed E-state index contributed by atoms with van der Waals surface area (Å²) in [6, 6.07) is 17.9. The third kappa shape index (κ3) is 5.38. The van der Waals surface area contributed by atoms with E-state index in [4.69, 9.17) is 18.6 Å². The lowest BCUT2D eigenvalue weighted by Gasteiger charge is -2.37. The number of carbonyl (C=O) groups excluding carboxylic acids is 1. The summed E-state index contributed by atoms with van der Waals surface area (Å²) < 4.78 is 22.7. The molecule has 0 aliphatic carbocycles. The van der Waals surface area contributed by atoms with Gasteiger partial charge in [-0.1, -0.05) is 30.3 Å². The first-order valence-corrected chi connectivity index (χ1v) is 11.6. The lowest BCUT2D eigenvalue weighted by molar-refractivity contribution is 0.00159. The summed E-state index contributed by atoms with van der Waals surface area (Å²) in [5, 5.41) is 5.36. The van der Waals surface area contributed by atoms with Crippen LogP contribution < -0.4 is 10.1 Å². The van der Waals surface area contributed by atoms with Crippen molar-refractivity contribution in [3.63, 3.8) is 0 Å². The van der Waals surface area contributed by atoms with E-state index >= 15 is 0 Å². The van der Waals surface area contributed by atoms with Gasteiger partial charge in [0.05, 0.1) is 19.8 Å². The molecule has 3 aromatic rings. The number of amides is 1. The minimum Gasteiger partial charge on any atom is -0.486 e. The maximum absolute atomic E-state index is 12.8. The minimum absolute atomic E-state index is 0.205. The number of rotatable bonds is 8. The Morgan fingerprint density at radius 3 is 2.70 bits per heavy atom. The summed E-state index contributed by atoms with van der Waals surface area (Å²) in [5.41, 5.74) is 0. The van der Waals surface area contributed by atoms with Gasteiger partial charge in [-0.15, -0.1) is 0 Å². The number of nitrogens with zero attached hydrogens (tertiary/aromatic N) is 1. The lowest BCUT2D eigenvalue weighted by Crippen LogP contribution is -2.52. The van der Waals surface area contributed by atoms with E-state index in [0.717, 1.165) is 57.1 Å². The molecule has 0 bridgehead atoms. The third-order valence-corrected chi connectivity index (χ3v) is 6.48. The van der Waals surface area contributed by atoms with Gasteiger partial charge in [0.15, 0.2) is 5.76 Å². The molecule has 5 rings (SSSR count). The molecule has 33 heavy (non-hydrogen) atoms. The maximum Gasteiger partial charge on any atom is 0.287 e. The van der Waals surface area contributed by atoms with E-state index in [1.165, 1.54) is 5.39 Å². The molecule has 2 saturated heterocycles. The van der Waals surface area contributed by atoms with Gasteiger partial charge in [-0.2, -0.15) is 0 Å². The van der Waals surface area contributed by atoms with Gasteiger partial charge in [-0.25, -0.2) is 0 Å². The topological polar surface area (TPSA) is 73.2 Å². The second-order valence-electron chi connectivity index (χ2n) is 8.61. The molecule has 1 amide bonds. The Balaban J connectivity index is 1.16. The summed E-state index contributed by atoms with van der Waals surface area (Å²) in [6.45, 7) is 5.60. The molecular weight excluding hydrogens is 420 g/mol. The van der Waals surface area contributed by atoms with Crippen molar-refractivity contribution in [2.45, 2.75) is 19.1 Å². The molecule has 2 unspecified atom stereocenters. The number of benzene rings is 2. The number of fused-ring (bicyclic) bond motifs is 1. The van der Waals surface area contributed by atoms with Gasteiger partial charge in [0.25, 0.3) is 5.91 Å². The van der Waals surface area contributed by atoms with Crippen LogP contribution in [-0.4, -0.2) is 62.9 Å². The molecule has 2 aliphatic rings. The first kappa shape index (κ1) is 21.9. The fourth-order valence-electron chi connectivity index (χ4n) is 4.63. The number of furan rings is 1. The van der Waals surface area contributed by atoms with Crippen molar-refractivity contribution < 1.29 is 23.4 Å². The predicted molar refractivity (Wildman–Crippen MR) is 124 cm³/mol. The largest absolute Gasteiger partial charge is 0.486 e. The Labute approximate surface area is 193 Å². The van der Waals surface area contributed by atoms with Crippen LogP contribution in [0.15, 0.2) is 59.0 Å². The highest BCUT2D eigenvalue weighted by Crippen LogP contribution is 2.23. The lowest BCUT2D eigenvalue weighted by atomic mass is 9.97. The number of morpholine rings is 1. The first-order valence-electron chi connectivity index (χ1n) is 11.6. The predicted octanol–water partition coefficient (Wildman–Crippen LogP) is 3.48.